The van der Waals surface area contributed by atoms with Crippen LogP contribution in [0.2, 0.25) is 0 Å². The molecule has 1 aromatic carbocycles. The van der Waals surface area contributed by atoms with Crippen LogP contribution in [0, 0.1) is 0 Å². The average molecular weight is 260 g/mol. The molecule has 13 heavy (non-hydrogen) atoms. The Morgan fingerprint density at radius 1 is 1.54 bits per heavy atom. The first-order valence-corrected chi connectivity index (χ1v) is 6.76. The number of halogens is 1. The van der Waals surface area contributed by atoms with Crippen molar-refractivity contribution in [1.82, 2.24) is 0 Å². The predicted octanol–water partition coefficient (Wildman–Crippen LogP) is 2.35. The van der Waals surface area contributed by atoms with E-state index in [2.05, 4.69) is 20.9 Å². The second kappa shape index (κ2) is 3.90. The maximum atomic E-state index is 5.82. The van der Waals surface area contributed by atoms with Gasteiger partial charge in [-0.25, -0.2) is 0 Å². The monoisotopic (exact) mass is 259 g/mol. The lowest BCUT2D eigenvalue weighted by molar-refractivity contribution is 0.261. The molecule has 1 atom stereocenters. The van der Waals surface area contributed by atoms with Gasteiger partial charge in [-0.2, -0.15) is 0 Å². The molecule has 2 N–H and O–H groups in total. The molecule has 0 fully saturated rings. The fourth-order valence-electron chi connectivity index (χ4n) is 1.47. The largest absolute Gasteiger partial charge is 0.492 e. The fourth-order valence-corrected chi connectivity index (χ4v) is 2.79. The Balaban J connectivity index is 2.41. The quantitative estimate of drug-likeness (QED) is 0.841. The van der Waals surface area contributed by atoms with Crippen molar-refractivity contribution in [2.45, 2.75) is 17.4 Å². The van der Waals surface area contributed by atoms with Gasteiger partial charge in [0, 0.05) is 16.5 Å². The Morgan fingerprint density at radius 2 is 2.38 bits per heavy atom. The summed E-state index contributed by atoms with van der Waals surface area (Å²) in [5.41, 5.74) is 7.05. The molecule has 0 amide bonds. The second-order valence-corrected chi connectivity index (χ2v) is 4.65. The van der Waals surface area contributed by atoms with Gasteiger partial charge in [-0.3, -0.25) is 0 Å². The molecule has 2 rings (SSSR count). The molecule has 0 aromatic heterocycles. The predicted molar refractivity (Wildman–Crippen MR) is 58.4 cm³/mol. The molecular weight excluding hydrogens is 250 g/mol. The SMILES string of the molecule is NC1COc2cccc(SBr)c2C1. The zero-order valence-electron chi connectivity index (χ0n) is 7.00. The summed E-state index contributed by atoms with van der Waals surface area (Å²) in [5, 5.41) is 0. The van der Waals surface area contributed by atoms with E-state index in [1.54, 1.807) is 10.2 Å². The van der Waals surface area contributed by atoms with E-state index < -0.39 is 0 Å². The van der Waals surface area contributed by atoms with Crippen LogP contribution in [-0.4, -0.2) is 12.6 Å². The van der Waals surface area contributed by atoms with Crippen molar-refractivity contribution in [3.63, 3.8) is 0 Å². The first-order valence-electron chi connectivity index (χ1n) is 4.10. The molecule has 1 aromatic rings. The van der Waals surface area contributed by atoms with Gasteiger partial charge in [0.25, 0.3) is 0 Å². The van der Waals surface area contributed by atoms with Crippen molar-refractivity contribution in [3.8, 4) is 5.75 Å². The van der Waals surface area contributed by atoms with Gasteiger partial charge in [-0.15, -0.1) is 0 Å². The van der Waals surface area contributed by atoms with Crippen LogP contribution >= 0.6 is 25.0 Å². The minimum atomic E-state index is 0.133. The molecule has 0 bridgehead atoms. The summed E-state index contributed by atoms with van der Waals surface area (Å²) in [6.45, 7) is 0.628. The van der Waals surface area contributed by atoms with E-state index in [-0.39, 0.29) is 6.04 Å². The standard InChI is InChI=1S/C9H10BrNOS/c10-13-9-3-1-2-8-7(9)4-6(11)5-12-8/h1-3,6H,4-5,11H2. The first kappa shape index (κ1) is 9.37. The number of rotatable bonds is 1. The van der Waals surface area contributed by atoms with E-state index in [1.807, 2.05) is 12.1 Å². The van der Waals surface area contributed by atoms with Gasteiger partial charge >= 0.3 is 0 Å². The molecule has 4 heteroatoms. The Bertz CT molecular complexity index is 304. The second-order valence-electron chi connectivity index (χ2n) is 3.09. The third kappa shape index (κ3) is 1.85. The summed E-state index contributed by atoms with van der Waals surface area (Å²) in [4.78, 5) is 1.20. The van der Waals surface area contributed by atoms with Gasteiger partial charge in [0.2, 0.25) is 0 Å². The molecule has 0 spiro atoms. The van der Waals surface area contributed by atoms with Crippen LogP contribution in [0.25, 0.3) is 0 Å². The summed E-state index contributed by atoms with van der Waals surface area (Å²) in [5.74, 6) is 0.978. The minimum absolute atomic E-state index is 0.133. The van der Waals surface area contributed by atoms with Crippen molar-refractivity contribution in [1.29, 1.82) is 0 Å². The number of hydrogen-bond donors (Lipinski definition) is 1. The highest BCUT2D eigenvalue weighted by Gasteiger charge is 2.18. The van der Waals surface area contributed by atoms with Crippen molar-refractivity contribution in [2.75, 3.05) is 6.61 Å². The lowest BCUT2D eigenvalue weighted by Gasteiger charge is -2.23. The maximum Gasteiger partial charge on any atom is 0.123 e. The Labute approximate surface area is 89.0 Å². The summed E-state index contributed by atoms with van der Waals surface area (Å²) < 4.78 is 5.52. The lowest BCUT2D eigenvalue weighted by Crippen LogP contribution is -2.34. The maximum absolute atomic E-state index is 5.82. The van der Waals surface area contributed by atoms with E-state index in [4.69, 9.17) is 10.5 Å². The third-order valence-electron chi connectivity index (χ3n) is 2.09. The summed E-state index contributed by atoms with van der Waals surface area (Å²) in [6.07, 6.45) is 0.907. The van der Waals surface area contributed by atoms with Crippen LogP contribution in [0.3, 0.4) is 0 Å². The van der Waals surface area contributed by atoms with Crippen LogP contribution < -0.4 is 10.5 Å². The molecule has 2 nitrogen and oxygen atoms in total. The molecule has 1 aliphatic heterocycles. The fraction of sp³-hybridized carbons (Fsp3) is 0.333. The van der Waals surface area contributed by atoms with Crippen LogP contribution in [0.4, 0.5) is 0 Å². The molecule has 1 heterocycles. The van der Waals surface area contributed by atoms with Crippen LogP contribution in [0.5, 0.6) is 5.75 Å². The highest BCUT2D eigenvalue weighted by molar-refractivity contribution is 9.50. The van der Waals surface area contributed by atoms with Crippen molar-refractivity contribution in [3.05, 3.63) is 23.8 Å². The van der Waals surface area contributed by atoms with Gasteiger partial charge in [0.05, 0.1) is 0 Å². The van der Waals surface area contributed by atoms with Gasteiger partial charge in [0.1, 0.15) is 12.4 Å². The van der Waals surface area contributed by atoms with E-state index in [9.17, 15) is 0 Å². The van der Waals surface area contributed by atoms with E-state index in [0.29, 0.717) is 6.61 Å². The number of benzene rings is 1. The van der Waals surface area contributed by atoms with Gasteiger partial charge in [0.15, 0.2) is 0 Å². The molecule has 1 unspecified atom stereocenters. The molecule has 0 saturated carbocycles. The topological polar surface area (TPSA) is 35.2 Å². The summed E-state index contributed by atoms with van der Waals surface area (Å²) in [6, 6.07) is 6.20. The smallest absolute Gasteiger partial charge is 0.123 e. The molecule has 0 aliphatic carbocycles. The van der Waals surface area contributed by atoms with Crippen molar-refractivity contribution >= 4 is 25.0 Å². The number of fused-ring (bicyclic) bond motifs is 1. The Hall–Kier alpha value is -0.190. The number of ether oxygens (including phenoxy) is 1. The van der Waals surface area contributed by atoms with Crippen LogP contribution in [0.1, 0.15) is 5.56 Å². The third-order valence-corrected chi connectivity index (χ3v) is 3.69. The average Bonchev–Trinajstić information content (AvgIpc) is 2.17. The molecular formula is C9H10BrNOS. The highest BCUT2D eigenvalue weighted by Crippen LogP contribution is 2.35. The number of hydrogen-bond acceptors (Lipinski definition) is 3. The lowest BCUT2D eigenvalue weighted by atomic mass is 10.0. The van der Waals surface area contributed by atoms with E-state index in [1.165, 1.54) is 10.5 Å². The van der Waals surface area contributed by atoms with Gasteiger partial charge in [-0.05, 0) is 43.6 Å². The highest BCUT2D eigenvalue weighted by atomic mass is 79.9. The zero-order chi connectivity index (χ0) is 9.26. The van der Waals surface area contributed by atoms with Gasteiger partial charge < -0.3 is 10.5 Å². The van der Waals surface area contributed by atoms with Crippen molar-refractivity contribution < 1.29 is 4.74 Å². The van der Waals surface area contributed by atoms with E-state index in [0.717, 1.165) is 12.2 Å². The first-order chi connectivity index (χ1) is 6.31. The van der Waals surface area contributed by atoms with Gasteiger partial charge in [-0.1, -0.05) is 6.07 Å². The van der Waals surface area contributed by atoms with E-state index >= 15 is 0 Å². The van der Waals surface area contributed by atoms with Crippen molar-refractivity contribution in [2.24, 2.45) is 5.73 Å². The molecule has 0 radical (unpaired) electrons. The zero-order valence-corrected chi connectivity index (χ0v) is 9.40. The molecule has 0 saturated heterocycles. The summed E-state index contributed by atoms with van der Waals surface area (Å²) >= 11 is 3.38. The van der Waals surface area contributed by atoms with Crippen LogP contribution in [0.15, 0.2) is 23.1 Å². The van der Waals surface area contributed by atoms with Crippen LogP contribution in [-0.2, 0) is 6.42 Å². The Morgan fingerprint density at radius 3 is 3.15 bits per heavy atom. The summed E-state index contributed by atoms with van der Waals surface area (Å²) in [7, 11) is 1.56. The molecule has 1 aliphatic rings. The minimum Gasteiger partial charge on any atom is -0.492 e. The number of nitrogens with two attached hydrogens (primary N) is 1. The molecule has 70 valence electrons. The Kier molecular flexibility index (Phi) is 2.81. The normalized spacial score (nSPS) is 20.6.